The number of ether oxygens (including phenoxy) is 1. The highest BCUT2D eigenvalue weighted by Gasteiger charge is 2.11. The number of unbranched alkanes of at least 4 members (excludes halogenated alkanes) is 1. The molecule has 0 saturated heterocycles. The van der Waals surface area contributed by atoms with Gasteiger partial charge in [-0.25, -0.2) is 0 Å². The first-order valence-electron chi connectivity index (χ1n) is 8.96. The first-order valence-corrected chi connectivity index (χ1v) is 9.33. The molecule has 0 aliphatic rings. The van der Waals surface area contributed by atoms with Crippen LogP contribution in [0.4, 0.5) is 0 Å². The molecule has 6 heteroatoms. The minimum atomic E-state index is -0.331. The molecule has 0 unspecified atom stereocenters. The Bertz CT molecular complexity index is 873. The molecule has 2 aromatic carbocycles. The Morgan fingerprint density at radius 2 is 1.74 bits per heavy atom. The van der Waals surface area contributed by atoms with Gasteiger partial charge in [0.05, 0.1) is 6.42 Å². The van der Waals surface area contributed by atoms with Crippen LogP contribution in [0.2, 0.25) is 5.02 Å². The Hall–Kier alpha value is -2.66. The van der Waals surface area contributed by atoms with Crippen LogP contribution in [0.15, 0.2) is 52.9 Å². The third-order valence-electron chi connectivity index (χ3n) is 4.11. The van der Waals surface area contributed by atoms with E-state index in [0.717, 1.165) is 17.5 Å². The lowest BCUT2D eigenvalue weighted by Crippen LogP contribution is -2.08. The molecule has 0 N–H and O–H groups in total. The van der Waals surface area contributed by atoms with Crippen LogP contribution in [0.5, 0.6) is 0 Å². The van der Waals surface area contributed by atoms with Crippen LogP contribution in [-0.4, -0.2) is 16.2 Å². The predicted molar refractivity (Wildman–Crippen MR) is 103 cm³/mol. The number of aromatic nitrogens is 2. The van der Waals surface area contributed by atoms with Gasteiger partial charge in [-0.15, -0.1) is 10.2 Å². The summed E-state index contributed by atoms with van der Waals surface area (Å²) in [6, 6.07) is 15.1. The molecule has 0 amide bonds. The molecular weight excluding hydrogens is 364 g/mol. The molecule has 0 aliphatic carbocycles. The van der Waals surface area contributed by atoms with Gasteiger partial charge in [-0.2, -0.15) is 0 Å². The van der Waals surface area contributed by atoms with Gasteiger partial charge in [0.25, 0.3) is 5.89 Å². The summed E-state index contributed by atoms with van der Waals surface area (Å²) < 4.78 is 10.8. The molecule has 140 valence electrons. The van der Waals surface area contributed by atoms with Crippen LogP contribution in [0.25, 0.3) is 11.5 Å². The number of hydrogen-bond acceptors (Lipinski definition) is 5. The zero-order valence-corrected chi connectivity index (χ0v) is 15.9. The molecule has 0 radical (unpaired) electrons. The highest BCUT2D eigenvalue weighted by atomic mass is 35.5. The largest absolute Gasteiger partial charge is 0.455 e. The van der Waals surface area contributed by atoms with Crippen LogP contribution in [0, 0.1) is 0 Å². The smallest absolute Gasteiger partial charge is 0.310 e. The van der Waals surface area contributed by atoms with Crippen LogP contribution in [-0.2, 0) is 29.0 Å². The molecule has 3 rings (SSSR count). The van der Waals surface area contributed by atoms with Crippen molar-refractivity contribution in [2.45, 2.75) is 39.2 Å². The van der Waals surface area contributed by atoms with E-state index in [2.05, 4.69) is 29.3 Å². The first-order chi connectivity index (χ1) is 13.1. The molecule has 5 nitrogen and oxygen atoms in total. The van der Waals surface area contributed by atoms with E-state index in [1.54, 1.807) is 24.3 Å². The average molecular weight is 385 g/mol. The SMILES string of the molecule is CCCCc1ccc(CC(=O)OCc2nnc(-c3ccc(Cl)cc3)o2)cc1. The fourth-order valence-corrected chi connectivity index (χ4v) is 2.71. The van der Waals surface area contributed by atoms with Crippen molar-refractivity contribution in [2.24, 2.45) is 0 Å². The summed E-state index contributed by atoms with van der Waals surface area (Å²) in [6.07, 6.45) is 3.62. The average Bonchev–Trinajstić information content (AvgIpc) is 3.15. The molecule has 0 bridgehead atoms. The third-order valence-corrected chi connectivity index (χ3v) is 4.36. The van der Waals surface area contributed by atoms with Gasteiger partial charge in [0.1, 0.15) is 0 Å². The van der Waals surface area contributed by atoms with Gasteiger partial charge in [-0.1, -0.05) is 49.2 Å². The summed E-state index contributed by atoms with van der Waals surface area (Å²) in [5, 5.41) is 8.50. The van der Waals surface area contributed by atoms with E-state index >= 15 is 0 Å². The van der Waals surface area contributed by atoms with Crippen LogP contribution >= 0.6 is 11.6 Å². The normalized spacial score (nSPS) is 10.7. The minimum absolute atomic E-state index is 0.0476. The second-order valence-electron chi connectivity index (χ2n) is 6.27. The number of rotatable bonds is 8. The highest BCUT2D eigenvalue weighted by molar-refractivity contribution is 6.30. The molecule has 0 atom stereocenters. The maximum atomic E-state index is 12.0. The van der Waals surface area contributed by atoms with Crippen molar-refractivity contribution in [3.05, 3.63) is 70.6 Å². The lowest BCUT2D eigenvalue weighted by atomic mass is 10.1. The maximum Gasteiger partial charge on any atom is 0.310 e. The zero-order valence-electron chi connectivity index (χ0n) is 15.2. The lowest BCUT2D eigenvalue weighted by molar-refractivity contribution is -0.144. The summed E-state index contributed by atoms with van der Waals surface area (Å²) in [6.45, 7) is 2.13. The zero-order chi connectivity index (χ0) is 19.1. The molecule has 0 spiro atoms. The quantitative estimate of drug-likeness (QED) is 0.510. The van der Waals surface area contributed by atoms with Crippen molar-refractivity contribution < 1.29 is 13.9 Å². The monoisotopic (exact) mass is 384 g/mol. The summed E-state index contributed by atoms with van der Waals surface area (Å²) in [4.78, 5) is 12.0. The van der Waals surface area contributed by atoms with Crippen molar-refractivity contribution in [1.29, 1.82) is 0 Å². The van der Waals surface area contributed by atoms with Gasteiger partial charge in [0, 0.05) is 10.6 Å². The van der Waals surface area contributed by atoms with Crippen molar-refractivity contribution in [2.75, 3.05) is 0 Å². The van der Waals surface area contributed by atoms with Gasteiger partial charge in [0.2, 0.25) is 5.89 Å². The number of hydrogen-bond donors (Lipinski definition) is 0. The second-order valence-corrected chi connectivity index (χ2v) is 6.70. The fourth-order valence-electron chi connectivity index (χ4n) is 2.59. The summed E-state index contributed by atoms with van der Waals surface area (Å²) in [5.41, 5.74) is 2.97. The first kappa shape index (κ1) is 19.1. The van der Waals surface area contributed by atoms with E-state index in [4.69, 9.17) is 20.8 Å². The van der Waals surface area contributed by atoms with E-state index in [1.807, 2.05) is 12.1 Å². The topological polar surface area (TPSA) is 65.2 Å². The molecule has 1 heterocycles. The Morgan fingerprint density at radius 1 is 1.04 bits per heavy atom. The van der Waals surface area contributed by atoms with Crippen LogP contribution in [0.1, 0.15) is 36.8 Å². The third kappa shape index (κ3) is 5.66. The number of halogens is 1. The lowest BCUT2D eigenvalue weighted by Gasteiger charge is -2.04. The predicted octanol–water partition coefficient (Wildman–Crippen LogP) is 5.02. The Labute approximate surface area is 163 Å². The van der Waals surface area contributed by atoms with Crippen molar-refractivity contribution in [3.8, 4) is 11.5 Å². The number of benzene rings is 2. The van der Waals surface area contributed by atoms with Gasteiger partial charge >= 0.3 is 5.97 Å². The Morgan fingerprint density at radius 3 is 2.44 bits per heavy atom. The molecule has 1 aromatic heterocycles. The van der Waals surface area contributed by atoms with Gasteiger partial charge in [0.15, 0.2) is 6.61 Å². The number of esters is 1. The molecule has 0 fully saturated rings. The van der Waals surface area contributed by atoms with Gasteiger partial charge in [-0.3, -0.25) is 4.79 Å². The Balaban J connectivity index is 1.50. The van der Waals surface area contributed by atoms with Crippen LogP contribution in [0.3, 0.4) is 0 Å². The van der Waals surface area contributed by atoms with E-state index in [1.165, 1.54) is 18.4 Å². The van der Waals surface area contributed by atoms with E-state index in [0.29, 0.717) is 10.9 Å². The summed E-state index contributed by atoms with van der Waals surface area (Å²) in [7, 11) is 0. The molecule has 3 aromatic rings. The van der Waals surface area contributed by atoms with E-state index in [9.17, 15) is 4.79 Å². The fraction of sp³-hybridized carbons (Fsp3) is 0.286. The maximum absolute atomic E-state index is 12.0. The molecule has 0 aliphatic heterocycles. The van der Waals surface area contributed by atoms with E-state index in [-0.39, 0.29) is 24.9 Å². The number of carbonyl (C=O) groups is 1. The highest BCUT2D eigenvalue weighted by Crippen LogP contribution is 2.20. The molecule has 27 heavy (non-hydrogen) atoms. The van der Waals surface area contributed by atoms with Crippen molar-refractivity contribution in [1.82, 2.24) is 10.2 Å². The Kier molecular flexibility index (Phi) is 6.60. The molecular formula is C21H21ClN2O3. The van der Waals surface area contributed by atoms with E-state index < -0.39 is 0 Å². The second kappa shape index (κ2) is 9.33. The summed E-state index contributed by atoms with van der Waals surface area (Å²) >= 11 is 5.86. The minimum Gasteiger partial charge on any atom is -0.455 e. The standard InChI is InChI=1S/C21H21ClN2O3/c1-2-3-4-15-5-7-16(8-6-15)13-20(25)26-14-19-23-24-21(27-19)17-9-11-18(22)12-10-17/h5-12H,2-4,13-14H2,1H3. The summed E-state index contributed by atoms with van der Waals surface area (Å²) in [5.74, 6) is 0.283. The van der Waals surface area contributed by atoms with Gasteiger partial charge in [-0.05, 0) is 48.2 Å². The number of aryl methyl sites for hydroxylation is 1. The van der Waals surface area contributed by atoms with Crippen molar-refractivity contribution in [3.63, 3.8) is 0 Å². The number of nitrogens with zero attached hydrogens (tertiary/aromatic N) is 2. The molecule has 0 saturated carbocycles. The van der Waals surface area contributed by atoms with Crippen molar-refractivity contribution >= 4 is 17.6 Å². The van der Waals surface area contributed by atoms with Crippen LogP contribution < -0.4 is 0 Å². The van der Waals surface area contributed by atoms with Gasteiger partial charge < -0.3 is 9.15 Å². The number of carbonyl (C=O) groups excluding carboxylic acids is 1.